The summed E-state index contributed by atoms with van der Waals surface area (Å²) >= 11 is 9.66. The number of benzene rings is 1. The summed E-state index contributed by atoms with van der Waals surface area (Å²) in [6.07, 6.45) is 1.20. The Morgan fingerprint density at radius 3 is 3.00 bits per heavy atom. The SMILES string of the molecule is COCC1CCN(c2ccc(CBr)c(Cl)c2)C1. The molecule has 2 rings (SSSR count). The molecule has 0 radical (unpaired) electrons. The average molecular weight is 319 g/mol. The number of nitrogens with zero attached hydrogens (tertiary/aromatic N) is 1. The van der Waals surface area contributed by atoms with Crippen LogP contribution >= 0.6 is 27.5 Å². The van der Waals surface area contributed by atoms with E-state index in [0.29, 0.717) is 5.92 Å². The second-order valence-corrected chi connectivity index (χ2v) is 5.43. The van der Waals surface area contributed by atoms with Crippen LogP contribution in [-0.2, 0) is 10.1 Å². The summed E-state index contributed by atoms with van der Waals surface area (Å²) in [4.78, 5) is 2.38. The van der Waals surface area contributed by atoms with Gasteiger partial charge in [0, 0.05) is 42.2 Å². The number of halogens is 2. The maximum Gasteiger partial charge on any atom is 0.0508 e. The Morgan fingerprint density at radius 1 is 1.53 bits per heavy atom. The Hall–Kier alpha value is -0.250. The van der Waals surface area contributed by atoms with E-state index in [1.165, 1.54) is 12.1 Å². The summed E-state index contributed by atoms with van der Waals surface area (Å²) in [7, 11) is 1.77. The number of hydrogen-bond donors (Lipinski definition) is 0. The molecule has 0 aromatic heterocycles. The molecule has 1 saturated heterocycles. The molecule has 1 aliphatic heterocycles. The topological polar surface area (TPSA) is 12.5 Å². The van der Waals surface area contributed by atoms with Crippen LogP contribution in [0.3, 0.4) is 0 Å². The Balaban J connectivity index is 2.06. The first kappa shape index (κ1) is 13.2. The molecule has 0 aliphatic carbocycles. The summed E-state index contributed by atoms with van der Waals surface area (Å²) < 4.78 is 5.21. The zero-order valence-electron chi connectivity index (χ0n) is 9.96. The standard InChI is InChI=1S/C13H17BrClNO/c1-17-9-10-4-5-16(8-10)12-3-2-11(7-14)13(15)6-12/h2-3,6,10H,4-5,7-9H2,1H3. The van der Waals surface area contributed by atoms with Gasteiger partial charge in [-0.15, -0.1) is 0 Å². The summed E-state index contributed by atoms with van der Waals surface area (Å²) in [5.41, 5.74) is 2.36. The molecule has 1 aromatic carbocycles. The summed E-state index contributed by atoms with van der Waals surface area (Å²) in [6, 6.07) is 6.31. The molecule has 1 aliphatic rings. The minimum Gasteiger partial charge on any atom is -0.384 e. The van der Waals surface area contributed by atoms with Gasteiger partial charge in [0.15, 0.2) is 0 Å². The van der Waals surface area contributed by atoms with Crippen LogP contribution in [0.1, 0.15) is 12.0 Å². The first-order chi connectivity index (χ1) is 8.24. The molecule has 4 heteroatoms. The fraction of sp³-hybridized carbons (Fsp3) is 0.538. The molecule has 0 amide bonds. The Labute approximate surface area is 116 Å². The minimum absolute atomic E-state index is 0.648. The fourth-order valence-corrected chi connectivity index (χ4v) is 3.17. The van der Waals surface area contributed by atoms with Crippen LogP contribution in [0.25, 0.3) is 0 Å². The van der Waals surface area contributed by atoms with E-state index in [1.807, 2.05) is 0 Å². The zero-order chi connectivity index (χ0) is 12.3. The number of rotatable bonds is 4. The van der Waals surface area contributed by atoms with Crippen LogP contribution in [0.15, 0.2) is 18.2 Å². The van der Waals surface area contributed by atoms with Gasteiger partial charge in [0.05, 0.1) is 6.61 Å². The van der Waals surface area contributed by atoms with Gasteiger partial charge in [-0.25, -0.2) is 0 Å². The van der Waals surface area contributed by atoms with E-state index in [0.717, 1.165) is 35.6 Å². The Bertz CT molecular complexity index is 386. The largest absolute Gasteiger partial charge is 0.384 e. The van der Waals surface area contributed by atoms with Gasteiger partial charge in [0.1, 0.15) is 0 Å². The van der Waals surface area contributed by atoms with Gasteiger partial charge in [0.25, 0.3) is 0 Å². The van der Waals surface area contributed by atoms with Crippen LogP contribution in [0.2, 0.25) is 5.02 Å². The second-order valence-electron chi connectivity index (χ2n) is 4.47. The molecule has 1 unspecified atom stereocenters. The van der Waals surface area contributed by atoms with E-state index in [1.54, 1.807) is 7.11 Å². The monoisotopic (exact) mass is 317 g/mol. The predicted molar refractivity (Wildman–Crippen MR) is 76.3 cm³/mol. The predicted octanol–water partition coefficient (Wildman–Crippen LogP) is 3.71. The van der Waals surface area contributed by atoms with Crippen molar-refractivity contribution in [3.8, 4) is 0 Å². The molecule has 94 valence electrons. The lowest BCUT2D eigenvalue weighted by molar-refractivity contribution is 0.161. The highest BCUT2D eigenvalue weighted by Gasteiger charge is 2.22. The number of alkyl halides is 1. The van der Waals surface area contributed by atoms with Crippen molar-refractivity contribution in [2.45, 2.75) is 11.8 Å². The van der Waals surface area contributed by atoms with Crippen LogP contribution in [0, 0.1) is 5.92 Å². The highest BCUT2D eigenvalue weighted by Crippen LogP contribution is 2.29. The molecule has 1 fully saturated rings. The lowest BCUT2D eigenvalue weighted by Gasteiger charge is -2.19. The lowest BCUT2D eigenvalue weighted by atomic mass is 10.1. The normalized spacial score (nSPS) is 19.9. The maximum absolute atomic E-state index is 6.22. The number of methoxy groups -OCH3 is 1. The molecule has 0 saturated carbocycles. The van der Waals surface area contributed by atoms with E-state index in [2.05, 4.69) is 39.0 Å². The van der Waals surface area contributed by atoms with Crippen LogP contribution in [0.4, 0.5) is 5.69 Å². The van der Waals surface area contributed by atoms with Gasteiger partial charge in [-0.2, -0.15) is 0 Å². The summed E-state index contributed by atoms with van der Waals surface area (Å²) in [5, 5.41) is 1.65. The van der Waals surface area contributed by atoms with E-state index in [4.69, 9.17) is 16.3 Å². The van der Waals surface area contributed by atoms with Crippen molar-refractivity contribution in [2.24, 2.45) is 5.92 Å². The molecule has 0 spiro atoms. The smallest absolute Gasteiger partial charge is 0.0508 e. The highest BCUT2D eigenvalue weighted by atomic mass is 79.9. The van der Waals surface area contributed by atoms with Crippen molar-refractivity contribution in [3.05, 3.63) is 28.8 Å². The van der Waals surface area contributed by atoms with E-state index in [9.17, 15) is 0 Å². The van der Waals surface area contributed by atoms with Gasteiger partial charge in [-0.1, -0.05) is 33.6 Å². The van der Waals surface area contributed by atoms with E-state index < -0.39 is 0 Å². The van der Waals surface area contributed by atoms with Gasteiger partial charge < -0.3 is 9.64 Å². The van der Waals surface area contributed by atoms with E-state index in [-0.39, 0.29) is 0 Å². The minimum atomic E-state index is 0.648. The van der Waals surface area contributed by atoms with Crippen LogP contribution < -0.4 is 4.90 Å². The van der Waals surface area contributed by atoms with Gasteiger partial charge in [0.2, 0.25) is 0 Å². The number of anilines is 1. The third kappa shape index (κ3) is 3.15. The van der Waals surface area contributed by atoms with Crippen LogP contribution in [0.5, 0.6) is 0 Å². The third-order valence-corrected chi connectivity index (χ3v) is 4.19. The molecular formula is C13H17BrClNO. The lowest BCUT2D eigenvalue weighted by Crippen LogP contribution is -2.20. The maximum atomic E-state index is 6.22. The van der Waals surface area contributed by atoms with Gasteiger partial charge in [-0.3, -0.25) is 0 Å². The quantitative estimate of drug-likeness (QED) is 0.785. The molecule has 0 N–H and O–H groups in total. The van der Waals surface area contributed by atoms with Crippen LogP contribution in [-0.4, -0.2) is 26.8 Å². The zero-order valence-corrected chi connectivity index (χ0v) is 12.3. The van der Waals surface area contributed by atoms with Crippen molar-refractivity contribution in [3.63, 3.8) is 0 Å². The van der Waals surface area contributed by atoms with Gasteiger partial charge in [-0.05, 0) is 24.1 Å². The number of hydrogen-bond acceptors (Lipinski definition) is 2. The fourth-order valence-electron chi connectivity index (χ4n) is 2.28. The Kier molecular flexibility index (Phi) is 4.71. The molecule has 1 atom stereocenters. The van der Waals surface area contributed by atoms with Crippen molar-refractivity contribution >= 4 is 33.2 Å². The second kappa shape index (κ2) is 6.07. The van der Waals surface area contributed by atoms with Gasteiger partial charge >= 0.3 is 0 Å². The van der Waals surface area contributed by atoms with Crippen molar-refractivity contribution in [1.82, 2.24) is 0 Å². The van der Waals surface area contributed by atoms with Crippen molar-refractivity contribution in [1.29, 1.82) is 0 Å². The first-order valence-electron chi connectivity index (χ1n) is 5.83. The molecule has 1 aromatic rings. The Morgan fingerprint density at radius 2 is 2.35 bits per heavy atom. The van der Waals surface area contributed by atoms with E-state index >= 15 is 0 Å². The number of ether oxygens (including phenoxy) is 1. The summed E-state index contributed by atoms with van der Waals surface area (Å²) in [5.74, 6) is 0.648. The highest BCUT2D eigenvalue weighted by molar-refractivity contribution is 9.08. The molecule has 2 nitrogen and oxygen atoms in total. The molecular weight excluding hydrogens is 302 g/mol. The molecule has 1 heterocycles. The molecule has 17 heavy (non-hydrogen) atoms. The first-order valence-corrected chi connectivity index (χ1v) is 7.32. The van der Waals surface area contributed by atoms with Crippen molar-refractivity contribution in [2.75, 3.05) is 31.7 Å². The average Bonchev–Trinajstić information content (AvgIpc) is 2.78. The summed E-state index contributed by atoms with van der Waals surface area (Å²) in [6.45, 7) is 3.01. The third-order valence-electron chi connectivity index (χ3n) is 3.23. The molecule has 0 bridgehead atoms. The van der Waals surface area contributed by atoms with Crippen molar-refractivity contribution < 1.29 is 4.74 Å².